The lowest BCUT2D eigenvalue weighted by Crippen LogP contribution is -2.24. The van der Waals surface area contributed by atoms with Crippen LogP contribution in [0.2, 0.25) is 0 Å². The fraction of sp³-hybridized carbons (Fsp3) is 0.385. The van der Waals surface area contributed by atoms with E-state index >= 15 is 0 Å². The third-order valence-corrected chi connectivity index (χ3v) is 2.74. The number of imidazole rings is 1. The Morgan fingerprint density at radius 1 is 1.47 bits per heavy atom. The van der Waals surface area contributed by atoms with Gasteiger partial charge in [-0.25, -0.2) is 4.98 Å². The molecular formula is C13H17N3O. The molecule has 4 heteroatoms. The Labute approximate surface area is 101 Å². The summed E-state index contributed by atoms with van der Waals surface area (Å²) in [5.41, 5.74) is 1.63. The second-order valence-electron chi connectivity index (χ2n) is 4.10. The minimum Gasteiger partial charge on any atom is -0.352 e. The van der Waals surface area contributed by atoms with Crippen LogP contribution < -0.4 is 5.32 Å². The lowest BCUT2D eigenvalue weighted by Gasteiger charge is -2.05. The highest BCUT2D eigenvalue weighted by molar-refractivity contribution is 5.95. The first-order chi connectivity index (χ1) is 8.31. The van der Waals surface area contributed by atoms with E-state index in [0.717, 1.165) is 31.3 Å². The van der Waals surface area contributed by atoms with Crippen molar-refractivity contribution in [3.63, 3.8) is 0 Å². The van der Waals surface area contributed by atoms with Crippen LogP contribution in [0.15, 0.2) is 30.9 Å². The molecule has 0 aliphatic heterocycles. The van der Waals surface area contributed by atoms with Gasteiger partial charge in [0.05, 0.1) is 18.0 Å². The molecule has 2 heterocycles. The van der Waals surface area contributed by atoms with Crippen molar-refractivity contribution in [3.05, 3.63) is 36.4 Å². The van der Waals surface area contributed by atoms with Crippen LogP contribution in [-0.2, 0) is 0 Å². The molecule has 1 N–H and O–H groups in total. The van der Waals surface area contributed by atoms with Crippen molar-refractivity contribution >= 4 is 11.4 Å². The van der Waals surface area contributed by atoms with Crippen LogP contribution in [0.4, 0.5) is 0 Å². The number of carbonyl (C=O) groups excluding carboxylic acids is 1. The third-order valence-electron chi connectivity index (χ3n) is 2.74. The van der Waals surface area contributed by atoms with Crippen LogP contribution in [0.1, 0.15) is 36.5 Å². The van der Waals surface area contributed by atoms with E-state index in [1.54, 1.807) is 12.5 Å². The van der Waals surface area contributed by atoms with E-state index in [9.17, 15) is 4.79 Å². The van der Waals surface area contributed by atoms with Crippen LogP contribution in [0, 0.1) is 0 Å². The van der Waals surface area contributed by atoms with Crippen LogP contribution in [0.25, 0.3) is 5.52 Å². The maximum Gasteiger partial charge on any atom is 0.251 e. The molecule has 4 nitrogen and oxygen atoms in total. The molecule has 0 saturated carbocycles. The number of amides is 1. The van der Waals surface area contributed by atoms with Crippen LogP contribution in [0.3, 0.4) is 0 Å². The zero-order valence-corrected chi connectivity index (χ0v) is 10.0. The van der Waals surface area contributed by atoms with Gasteiger partial charge in [0.2, 0.25) is 0 Å². The Bertz CT molecular complexity index is 504. The van der Waals surface area contributed by atoms with E-state index in [1.807, 2.05) is 22.7 Å². The van der Waals surface area contributed by atoms with Gasteiger partial charge >= 0.3 is 0 Å². The first kappa shape index (κ1) is 11.6. The highest BCUT2D eigenvalue weighted by Gasteiger charge is 2.05. The van der Waals surface area contributed by atoms with Crippen LogP contribution in [-0.4, -0.2) is 21.8 Å². The second-order valence-corrected chi connectivity index (χ2v) is 4.10. The molecule has 17 heavy (non-hydrogen) atoms. The minimum absolute atomic E-state index is 0.00944. The van der Waals surface area contributed by atoms with Gasteiger partial charge in [0, 0.05) is 18.3 Å². The SMILES string of the molecule is CCCCCNC(=O)c1ccn2cncc2c1. The average molecular weight is 231 g/mol. The number of aromatic nitrogens is 2. The van der Waals surface area contributed by atoms with Crippen LogP contribution >= 0.6 is 0 Å². The number of pyridine rings is 1. The van der Waals surface area contributed by atoms with E-state index in [-0.39, 0.29) is 5.91 Å². The number of nitrogens with one attached hydrogen (secondary N) is 1. The Kier molecular flexibility index (Phi) is 3.75. The van der Waals surface area contributed by atoms with Gasteiger partial charge in [0.15, 0.2) is 0 Å². The predicted octanol–water partition coefficient (Wildman–Crippen LogP) is 2.25. The lowest BCUT2D eigenvalue weighted by molar-refractivity contribution is 0.0953. The third kappa shape index (κ3) is 2.84. The van der Waals surface area contributed by atoms with Crippen LogP contribution in [0.5, 0.6) is 0 Å². The topological polar surface area (TPSA) is 46.4 Å². The monoisotopic (exact) mass is 231 g/mol. The van der Waals surface area contributed by atoms with Crippen molar-refractivity contribution in [3.8, 4) is 0 Å². The van der Waals surface area contributed by atoms with Gasteiger partial charge in [0.1, 0.15) is 0 Å². The second kappa shape index (κ2) is 5.48. The number of carbonyl (C=O) groups is 1. The smallest absolute Gasteiger partial charge is 0.251 e. The first-order valence-corrected chi connectivity index (χ1v) is 6.01. The van der Waals surface area contributed by atoms with Crippen molar-refractivity contribution in [2.24, 2.45) is 0 Å². The van der Waals surface area contributed by atoms with Gasteiger partial charge in [-0.1, -0.05) is 19.8 Å². The minimum atomic E-state index is -0.00944. The number of unbranched alkanes of at least 4 members (excludes halogenated alkanes) is 2. The molecule has 0 atom stereocenters. The van der Waals surface area contributed by atoms with E-state index in [1.165, 1.54) is 0 Å². The molecule has 2 aromatic rings. The molecule has 0 bridgehead atoms. The van der Waals surface area contributed by atoms with Crippen molar-refractivity contribution < 1.29 is 4.79 Å². The summed E-state index contributed by atoms with van der Waals surface area (Å²) in [4.78, 5) is 15.9. The molecular weight excluding hydrogens is 214 g/mol. The summed E-state index contributed by atoms with van der Waals surface area (Å²) in [6, 6.07) is 3.66. The Morgan fingerprint density at radius 2 is 2.35 bits per heavy atom. The maximum absolute atomic E-state index is 11.8. The standard InChI is InChI=1S/C13H17N3O/c1-2-3-4-6-15-13(17)11-5-7-16-10-14-9-12(16)8-11/h5,7-10H,2-4,6H2,1H3,(H,15,17). The van der Waals surface area contributed by atoms with Gasteiger partial charge < -0.3 is 9.72 Å². The van der Waals surface area contributed by atoms with Gasteiger partial charge in [0.25, 0.3) is 5.91 Å². The number of rotatable bonds is 5. The summed E-state index contributed by atoms with van der Waals surface area (Å²) in [6.45, 7) is 2.90. The molecule has 2 aromatic heterocycles. The van der Waals surface area contributed by atoms with E-state index in [2.05, 4.69) is 17.2 Å². The van der Waals surface area contributed by atoms with Gasteiger partial charge in [-0.15, -0.1) is 0 Å². The molecule has 0 aliphatic rings. The van der Waals surface area contributed by atoms with E-state index < -0.39 is 0 Å². The molecule has 2 rings (SSSR count). The van der Waals surface area contributed by atoms with E-state index in [0.29, 0.717) is 5.56 Å². The average Bonchev–Trinajstić information content (AvgIpc) is 2.81. The van der Waals surface area contributed by atoms with Gasteiger partial charge in [-0.3, -0.25) is 4.79 Å². The maximum atomic E-state index is 11.8. The Balaban J connectivity index is 1.98. The van der Waals surface area contributed by atoms with Gasteiger partial charge in [-0.05, 0) is 18.6 Å². The van der Waals surface area contributed by atoms with Crippen molar-refractivity contribution in [1.29, 1.82) is 0 Å². The van der Waals surface area contributed by atoms with E-state index in [4.69, 9.17) is 0 Å². The summed E-state index contributed by atoms with van der Waals surface area (Å²) in [7, 11) is 0. The predicted molar refractivity (Wildman–Crippen MR) is 67.1 cm³/mol. The fourth-order valence-electron chi connectivity index (χ4n) is 1.74. The molecule has 0 aromatic carbocycles. The largest absolute Gasteiger partial charge is 0.352 e. The molecule has 1 amide bonds. The quantitative estimate of drug-likeness (QED) is 0.802. The zero-order valence-electron chi connectivity index (χ0n) is 10.0. The molecule has 0 aliphatic carbocycles. The van der Waals surface area contributed by atoms with Gasteiger partial charge in [-0.2, -0.15) is 0 Å². The molecule has 0 unspecified atom stereocenters. The lowest BCUT2D eigenvalue weighted by atomic mass is 10.2. The summed E-state index contributed by atoms with van der Waals surface area (Å²) in [5.74, 6) is -0.00944. The normalized spacial score (nSPS) is 10.6. The molecule has 0 spiro atoms. The summed E-state index contributed by atoms with van der Waals surface area (Å²) in [6.07, 6.45) is 8.67. The summed E-state index contributed by atoms with van der Waals surface area (Å²) >= 11 is 0. The highest BCUT2D eigenvalue weighted by atomic mass is 16.1. The molecule has 0 saturated heterocycles. The number of hydrogen-bond donors (Lipinski definition) is 1. The number of nitrogens with zero attached hydrogens (tertiary/aromatic N) is 2. The Morgan fingerprint density at radius 3 is 3.18 bits per heavy atom. The zero-order chi connectivity index (χ0) is 12.1. The van der Waals surface area contributed by atoms with Crippen molar-refractivity contribution in [2.45, 2.75) is 26.2 Å². The highest BCUT2D eigenvalue weighted by Crippen LogP contribution is 2.06. The molecule has 90 valence electrons. The fourth-order valence-corrected chi connectivity index (χ4v) is 1.74. The summed E-state index contributed by atoms with van der Waals surface area (Å²) in [5, 5.41) is 2.92. The summed E-state index contributed by atoms with van der Waals surface area (Å²) < 4.78 is 1.88. The van der Waals surface area contributed by atoms with Crippen molar-refractivity contribution in [2.75, 3.05) is 6.54 Å². The molecule has 0 radical (unpaired) electrons. The Hall–Kier alpha value is -1.84. The first-order valence-electron chi connectivity index (χ1n) is 6.01. The van der Waals surface area contributed by atoms with Crippen molar-refractivity contribution in [1.82, 2.24) is 14.7 Å². The molecule has 0 fully saturated rings. The number of fused-ring (bicyclic) bond motifs is 1. The number of hydrogen-bond acceptors (Lipinski definition) is 2.